The zero-order valence-corrected chi connectivity index (χ0v) is 15.8. The summed E-state index contributed by atoms with van der Waals surface area (Å²) in [5, 5.41) is 3.47. The Morgan fingerprint density at radius 3 is 2.35 bits per heavy atom. The van der Waals surface area contributed by atoms with Gasteiger partial charge in [0.05, 0.1) is 0 Å². The summed E-state index contributed by atoms with van der Waals surface area (Å²) in [6, 6.07) is 14.3. The molecule has 2 amide bonds. The quantitative estimate of drug-likeness (QED) is 0.892. The van der Waals surface area contributed by atoms with Gasteiger partial charge in [-0.05, 0) is 47.7 Å². The van der Waals surface area contributed by atoms with Gasteiger partial charge in [0.15, 0.2) is 0 Å². The number of carbonyl (C=O) groups is 2. The van der Waals surface area contributed by atoms with Crippen LogP contribution in [0.1, 0.15) is 35.3 Å². The van der Waals surface area contributed by atoms with Gasteiger partial charge in [-0.15, -0.1) is 0 Å². The van der Waals surface area contributed by atoms with E-state index in [9.17, 15) is 9.59 Å². The number of benzene rings is 2. The first-order chi connectivity index (χ1) is 12.5. The van der Waals surface area contributed by atoms with Crippen LogP contribution in [0.15, 0.2) is 48.5 Å². The topological polar surface area (TPSA) is 49.4 Å². The lowest BCUT2D eigenvalue weighted by molar-refractivity contribution is -0.135. The zero-order chi connectivity index (χ0) is 18.7. The lowest BCUT2D eigenvalue weighted by Crippen LogP contribution is -2.52. The Balaban J connectivity index is 1.72. The minimum atomic E-state index is -0.552. The summed E-state index contributed by atoms with van der Waals surface area (Å²) in [7, 11) is 0. The van der Waals surface area contributed by atoms with Crippen LogP contribution in [-0.4, -0.2) is 29.3 Å². The predicted octanol–water partition coefficient (Wildman–Crippen LogP) is 3.68. The van der Waals surface area contributed by atoms with Crippen LogP contribution in [0.4, 0.5) is 0 Å². The molecule has 4 nitrogen and oxygen atoms in total. The number of halogens is 1. The molecule has 0 unspecified atom stereocenters. The Morgan fingerprint density at radius 1 is 1.04 bits per heavy atom. The summed E-state index contributed by atoms with van der Waals surface area (Å²) in [4.78, 5) is 27.4. The van der Waals surface area contributed by atoms with Gasteiger partial charge >= 0.3 is 0 Å². The van der Waals surface area contributed by atoms with Gasteiger partial charge in [-0.1, -0.05) is 49.7 Å². The van der Waals surface area contributed by atoms with Gasteiger partial charge in [0, 0.05) is 23.7 Å². The maximum Gasteiger partial charge on any atom is 0.251 e. The molecule has 0 saturated carbocycles. The average molecular weight is 371 g/mol. The summed E-state index contributed by atoms with van der Waals surface area (Å²) in [5.74, 6) is -0.293. The van der Waals surface area contributed by atoms with Crippen molar-refractivity contribution >= 4 is 23.4 Å². The van der Waals surface area contributed by atoms with E-state index in [-0.39, 0.29) is 17.7 Å². The molecule has 1 aliphatic rings. The first kappa shape index (κ1) is 18.5. The lowest BCUT2D eigenvalue weighted by Gasteiger charge is -2.33. The number of amides is 2. The number of nitrogens with zero attached hydrogens (tertiary/aromatic N) is 1. The number of carbonyl (C=O) groups excluding carboxylic acids is 2. The van der Waals surface area contributed by atoms with E-state index < -0.39 is 6.04 Å². The van der Waals surface area contributed by atoms with Crippen LogP contribution in [0.5, 0.6) is 0 Å². The zero-order valence-electron chi connectivity index (χ0n) is 15.0. The Kier molecular flexibility index (Phi) is 5.62. The highest BCUT2D eigenvalue weighted by molar-refractivity contribution is 6.30. The number of nitrogens with one attached hydrogen (secondary N) is 1. The van der Waals surface area contributed by atoms with E-state index in [0.29, 0.717) is 23.7 Å². The van der Waals surface area contributed by atoms with Gasteiger partial charge in [-0.25, -0.2) is 0 Å². The maximum absolute atomic E-state index is 13.1. The van der Waals surface area contributed by atoms with Crippen molar-refractivity contribution in [2.24, 2.45) is 5.92 Å². The van der Waals surface area contributed by atoms with Crippen LogP contribution in [0.25, 0.3) is 0 Å². The molecule has 2 aromatic rings. The average Bonchev–Trinajstić information content (AvgIpc) is 2.65. The summed E-state index contributed by atoms with van der Waals surface area (Å²) >= 11 is 5.87. The van der Waals surface area contributed by atoms with E-state index >= 15 is 0 Å². The second-order valence-corrected chi connectivity index (χ2v) is 7.42. The molecule has 1 atom stereocenters. The molecule has 2 aromatic carbocycles. The van der Waals surface area contributed by atoms with Crippen LogP contribution in [-0.2, 0) is 17.8 Å². The molecule has 1 heterocycles. The number of rotatable bonds is 4. The fourth-order valence-electron chi connectivity index (χ4n) is 3.22. The van der Waals surface area contributed by atoms with Crippen LogP contribution < -0.4 is 5.32 Å². The minimum absolute atomic E-state index is 0.00378. The standard InChI is InChI=1S/C21H23ClN2O2/c1-14(2)19(23-20(25)16-7-9-18(22)10-8-16)21(26)24-12-11-15-5-3-4-6-17(15)13-24/h3-10,14,19H,11-13H2,1-2H3,(H,23,25)/t19-/m1/s1. The maximum atomic E-state index is 13.1. The Labute approximate surface area is 159 Å². The molecular formula is C21H23ClN2O2. The minimum Gasteiger partial charge on any atom is -0.340 e. The normalized spacial score (nSPS) is 14.7. The molecule has 0 aliphatic carbocycles. The Morgan fingerprint density at radius 2 is 1.69 bits per heavy atom. The largest absolute Gasteiger partial charge is 0.340 e. The number of hydrogen-bond acceptors (Lipinski definition) is 2. The van der Waals surface area contributed by atoms with Crippen molar-refractivity contribution in [3.05, 3.63) is 70.2 Å². The SMILES string of the molecule is CC(C)[C@@H](NC(=O)c1ccc(Cl)cc1)C(=O)N1CCc2ccccc2C1. The van der Waals surface area contributed by atoms with Crippen LogP contribution in [0, 0.1) is 5.92 Å². The Hall–Kier alpha value is -2.33. The third kappa shape index (κ3) is 4.07. The van der Waals surface area contributed by atoms with E-state index in [4.69, 9.17) is 11.6 Å². The highest BCUT2D eigenvalue weighted by Gasteiger charge is 2.30. The molecule has 5 heteroatoms. The van der Waals surface area contributed by atoms with Crippen molar-refractivity contribution in [3.8, 4) is 0 Å². The molecule has 0 spiro atoms. The fourth-order valence-corrected chi connectivity index (χ4v) is 3.35. The van der Waals surface area contributed by atoms with E-state index in [0.717, 1.165) is 6.42 Å². The van der Waals surface area contributed by atoms with E-state index in [2.05, 4.69) is 17.4 Å². The van der Waals surface area contributed by atoms with E-state index in [1.165, 1.54) is 11.1 Å². The first-order valence-corrected chi connectivity index (χ1v) is 9.25. The third-order valence-electron chi connectivity index (χ3n) is 4.77. The van der Waals surface area contributed by atoms with Crippen molar-refractivity contribution in [2.45, 2.75) is 32.9 Å². The van der Waals surface area contributed by atoms with Crippen LogP contribution in [0.2, 0.25) is 5.02 Å². The van der Waals surface area contributed by atoms with Crippen molar-refractivity contribution in [2.75, 3.05) is 6.54 Å². The predicted molar refractivity (Wildman–Crippen MR) is 103 cm³/mol. The van der Waals surface area contributed by atoms with Gasteiger partial charge in [0.25, 0.3) is 5.91 Å². The highest BCUT2D eigenvalue weighted by Crippen LogP contribution is 2.20. The smallest absolute Gasteiger partial charge is 0.251 e. The summed E-state index contributed by atoms with van der Waals surface area (Å²) in [5.41, 5.74) is 2.97. The monoisotopic (exact) mass is 370 g/mol. The molecule has 1 N–H and O–H groups in total. The molecule has 136 valence electrons. The highest BCUT2D eigenvalue weighted by atomic mass is 35.5. The second-order valence-electron chi connectivity index (χ2n) is 6.98. The fraction of sp³-hybridized carbons (Fsp3) is 0.333. The van der Waals surface area contributed by atoms with Gasteiger partial charge in [0.2, 0.25) is 5.91 Å². The molecule has 3 rings (SSSR count). The van der Waals surface area contributed by atoms with Crippen molar-refractivity contribution in [1.29, 1.82) is 0 Å². The first-order valence-electron chi connectivity index (χ1n) is 8.87. The molecule has 0 bridgehead atoms. The third-order valence-corrected chi connectivity index (χ3v) is 5.02. The summed E-state index contributed by atoms with van der Waals surface area (Å²) < 4.78 is 0. The number of hydrogen-bond donors (Lipinski definition) is 1. The van der Waals surface area contributed by atoms with Crippen molar-refractivity contribution < 1.29 is 9.59 Å². The van der Waals surface area contributed by atoms with Gasteiger partial charge in [0.1, 0.15) is 6.04 Å². The van der Waals surface area contributed by atoms with E-state index in [1.54, 1.807) is 24.3 Å². The summed E-state index contributed by atoms with van der Waals surface area (Å²) in [6.07, 6.45) is 0.845. The summed E-state index contributed by atoms with van der Waals surface area (Å²) in [6.45, 7) is 5.16. The second kappa shape index (κ2) is 7.92. The van der Waals surface area contributed by atoms with Gasteiger partial charge in [-0.3, -0.25) is 9.59 Å². The Bertz CT molecular complexity index is 802. The molecule has 26 heavy (non-hydrogen) atoms. The molecule has 0 saturated heterocycles. The molecule has 0 radical (unpaired) electrons. The van der Waals surface area contributed by atoms with Gasteiger partial charge in [-0.2, -0.15) is 0 Å². The molecule has 0 aromatic heterocycles. The molecular weight excluding hydrogens is 348 g/mol. The lowest BCUT2D eigenvalue weighted by atomic mass is 9.97. The van der Waals surface area contributed by atoms with Crippen LogP contribution >= 0.6 is 11.6 Å². The van der Waals surface area contributed by atoms with Crippen molar-refractivity contribution in [1.82, 2.24) is 10.2 Å². The van der Waals surface area contributed by atoms with Crippen molar-refractivity contribution in [3.63, 3.8) is 0 Å². The number of fused-ring (bicyclic) bond motifs is 1. The van der Waals surface area contributed by atoms with Crippen LogP contribution in [0.3, 0.4) is 0 Å². The van der Waals surface area contributed by atoms with E-state index in [1.807, 2.05) is 30.9 Å². The molecule has 0 fully saturated rings. The molecule has 1 aliphatic heterocycles. The van der Waals surface area contributed by atoms with Gasteiger partial charge < -0.3 is 10.2 Å².